The Bertz CT molecular complexity index is 621. The minimum absolute atomic E-state index is 0.0897. The molecule has 0 saturated carbocycles. The molecular weight excluding hydrogens is 252 g/mol. The van der Waals surface area contributed by atoms with E-state index in [1.165, 1.54) is 0 Å². The first-order chi connectivity index (χ1) is 9.69. The van der Waals surface area contributed by atoms with Gasteiger partial charge in [-0.1, -0.05) is 13.3 Å². The van der Waals surface area contributed by atoms with Crippen molar-refractivity contribution in [3.05, 3.63) is 30.1 Å². The quantitative estimate of drug-likeness (QED) is 0.874. The Morgan fingerprint density at radius 3 is 3.20 bits per heavy atom. The standard InChI is InChI=1S/C15H20N4O/c1-2-10-8-19(6-5-12(10)16)15(20)11-3-4-13-14(7-11)18-9-17-13/h3-4,7,9-10,12H,2,5-6,8,16H2,1H3,(H,17,18). The molecule has 2 heterocycles. The average molecular weight is 272 g/mol. The minimum atomic E-state index is 0.0897. The van der Waals surface area contributed by atoms with Crippen LogP contribution in [0.4, 0.5) is 0 Å². The first-order valence-corrected chi connectivity index (χ1v) is 7.17. The fourth-order valence-electron chi connectivity index (χ4n) is 2.92. The number of nitrogens with zero attached hydrogens (tertiary/aromatic N) is 2. The van der Waals surface area contributed by atoms with Gasteiger partial charge in [0.15, 0.2) is 0 Å². The largest absolute Gasteiger partial charge is 0.345 e. The number of likely N-dealkylation sites (tertiary alicyclic amines) is 1. The number of nitrogens with two attached hydrogens (primary N) is 1. The summed E-state index contributed by atoms with van der Waals surface area (Å²) in [5.41, 5.74) is 8.60. The predicted molar refractivity (Wildman–Crippen MR) is 78.4 cm³/mol. The van der Waals surface area contributed by atoms with E-state index >= 15 is 0 Å². The summed E-state index contributed by atoms with van der Waals surface area (Å²) in [7, 11) is 0. The van der Waals surface area contributed by atoms with Crippen LogP contribution < -0.4 is 5.73 Å². The number of rotatable bonds is 2. The Balaban J connectivity index is 1.81. The number of benzene rings is 1. The number of carbonyl (C=O) groups excluding carboxylic acids is 1. The number of carbonyl (C=O) groups is 1. The number of hydrogen-bond donors (Lipinski definition) is 2. The summed E-state index contributed by atoms with van der Waals surface area (Å²) in [4.78, 5) is 21.7. The van der Waals surface area contributed by atoms with E-state index in [1.807, 2.05) is 23.1 Å². The molecule has 106 valence electrons. The fourth-order valence-corrected chi connectivity index (χ4v) is 2.92. The van der Waals surface area contributed by atoms with Crippen molar-refractivity contribution in [1.29, 1.82) is 0 Å². The van der Waals surface area contributed by atoms with Crippen LogP contribution in [0.3, 0.4) is 0 Å². The minimum Gasteiger partial charge on any atom is -0.345 e. The van der Waals surface area contributed by atoms with Gasteiger partial charge < -0.3 is 15.6 Å². The van der Waals surface area contributed by atoms with Gasteiger partial charge in [0.05, 0.1) is 17.4 Å². The lowest BCUT2D eigenvalue weighted by molar-refractivity contribution is 0.0649. The Morgan fingerprint density at radius 1 is 1.55 bits per heavy atom. The number of piperidine rings is 1. The van der Waals surface area contributed by atoms with E-state index in [0.717, 1.165) is 37.0 Å². The van der Waals surface area contributed by atoms with Crippen molar-refractivity contribution in [3.63, 3.8) is 0 Å². The summed E-state index contributed by atoms with van der Waals surface area (Å²) in [6.45, 7) is 3.64. The van der Waals surface area contributed by atoms with Crippen molar-refractivity contribution < 1.29 is 4.79 Å². The maximum Gasteiger partial charge on any atom is 0.253 e. The first kappa shape index (κ1) is 13.1. The number of amides is 1. The lowest BCUT2D eigenvalue weighted by Gasteiger charge is -2.36. The molecule has 1 aromatic heterocycles. The van der Waals surface area contributed by atoms with E-state index in [9.17, 15) is 4.79 Å². The van der Waals surface area contributed by atoms with Gasteiger partial charge in [0.2, 0.25) is 0 Å². The summed E-state index contributed by atoms with van der Waals surface area (Å²) in [6, 6.07) is 5.83. The zero-order chi connectivity index (χ0) is 14.1. The van der Waals surface area contributed by atoms with Crippen LogP contribution in [0.15, 0.2) is 24.5 Å². The van der Waals surface area contributed by atoms with Crippen molar-refractivity contribution in [1.82, 2.24) is 14.9 Å². The number of nitrogens with one attached hydrogen (secondary N) is 1. The second-order valence-electron chi connectivity index (χ2n) is 5.51. The maximum atomic E-state index is 12.6. The lowest BCUT2D eigenvalue weighted by atomic mass is 9.90. The molecule has 1 aromatic carbocycles. The zero-order valence-electron chi connectivity index (χ0n) is 11.7. The molecule has 0 spiro atoms. The normalized spacial score (nSPS) is 23.2. The number of hydrogen-bond acceptors (Lipinski definition) is 3. The van der Waals surface area contributed by atoms with Gasteiger partial charge in [-0.05, 0) is 30.5 Å². The second-order valence-corrected chi connectivity index (χ2v) is 5.51. The third-order valence-corrected chi connectivity index (χ3v) is 4.27. The molecule has 3 rings (SSSR count). The molecular formula is C15H20N4O. The number of fused-ring (bicyclic) bond motifs is 1. The molecule has 0 radical (unpaired) electrons. The molecule has 2 atom stereocenters. The van der Waals surface area contributed by atoms with Crippen molar-refractivity contribution in [2.45, 2.75) is 25.8 Å². The van der Waals surface area contributed by atoms with Crippen molar-refractivity contribution in [2.75, 3.05) is 13.1 Å². The highest BCUT2D eigenvalue weighted by Gasteiger charge is 2.28. The summed E-state index contributed by atoms with van der Waals surface area (Å²) < 4.78 is 0. The van der Waals surface area contributed by atoms with E-state index in [2.05, 4.69) is 16.9 Å². The Hall–Kier alpha value is -1.88. The summed E-state index contributed by atoms with van der Waals surface area (Å²) >= 11 is 0. The van der Waals surface area contributed by atoms with Gasteiger partial charge in [-0.3, -0.25) is 4.79 Å². The molecule has 3 N–H and O–H groups in total. The molecule has 20 heavy (non-hydrogen) atoms. The van der Waals surface area contributed by atoms with Crippen LogP contribution in [0.2, 0.25) is 0 Å². The van der Waals surface area contributed by atoms with Crippen LogP contribution in [-0.4, -0.2) is 39.9 Å². The summed E-state index contributed by atoms with van der Waals surface area (Å²) in [6.07, 6.45) is 3.55. The fraction of sp³-hybridized carbons (Fsp3) is 0.467. The molecule has 1 aliphatic rings. The Labute approximate surface area is 118 Å². The van der Waals surface area contributed by atoms with Gasteiger partial charge in [-0.15, -0.1) is 0 Å². The zero-order valence-corrected chi connectivity index (χ0v) is 11.7. The Kier molecular flexibility index (Phi) is 3.44. The number of aromatic nitrogens is 2. The summed E-state index contributed by atoms with van der Waals surface area (Å²) in [5.74, 6) is 0.496. The molecule has 1 amide bonds. The van der Waals surface area contributed by atoms with Gasteiger partial charge in [-0.25, -0.2) is 4.98 Å². The van der Waals surface area contributed by atoms with Crippen LogP contribution in [-0.2, 0) is 0 Å². The van der Waals surface area contributed by atoms with E-state index in [1.54, 1.807) is 6.33 Å². The molecule has 5 nitrogen and oxygen atoms in total. The highest BCUT2D eigenvalue weighted by molar-refractivity contribution is 5.97. The van der Waals surface area contributed by atoms with Crippen molar-refractivity contribution in [2.24, 2.45) is 11.7 Å². The molecule has 2 aromatic rings. The SMILES string of the molecule is CCC1CN(C(=O)c2ccc3nc[nH]c3c2)CCC1N. The second kappa shape index (κ2) is 5.25. The van der Waals surface area contributed by atoms with Crippen LogP contribution in [0.1, 0.15) is 30.1 Å². The number of H-pyrrole nitrogens is 1. The lowest BCUT2D eigenvalue weighted by Crippen LogP contribution is -2.49. The highest BCUT2D eigenvalue weighted by Crippen LogP contribution is 2.21. The van der Waals surface area contributed by atoms with E-state index < -0.39 is 0 Å². The predicted octanol–water partition coefficient (Wildman–Crippen LogP) is 1.76. The molecule has 5 heteroatoms. The third kappa shape index (κ3) is 2.29. The van der Waals surface area contributed by atoms with Crippen molar-refractivity contribution in [3.8, 4) is 0 Å². The topological polar surface area (TPSA) is 75.0 Å². The number of imidazole rings is 1. The van der Waals surface area contributed by atoms with E-state index in [-0.39, 0.29) is 11.9 Å². The van der Waals surface area contributed by atoms with Gasteiger partial charge >= 0.3 is 0 Å². The van der Waals surface area contributed by atoms with Gasteiger partial charge in [0, 0.05) is 24.7 Å². The molecule has 2 unspecified atom stereocenters. The maximum absolute atomic E-state index is 12.6. The summed E-state index contributed by atoms with van der Waals surface area (Å²) in [5, 5.41) is 0. The van der Waals surface area contributed by atoms with Crippen LogP contribution in [0.5, 0.6) is 0 Å². The molecule has 1 saturated heterocycles. The van der Waals surface area contributed by atoms with Crippen LogP contribution >= 0.6 is 0 Å². The number of aromatic amines is 1. The molecule has 1 aliphatic heterocycles. The average Bonchev–Trinajstić information content (AvgIpc) is 2.94. The smallest absolute Gasteiger partial charge is 0.253 e. The van der Waals surface area contributed by atoms with Gasteiger partial charge in [0.25, 0.3) is 5.91 Å². The first-order valence-electron chi connectivity index (χ1n) is 7.17. The van der Waals surface area contributed by atoms with E-state index in [4.69, 9.17) is 5.73 Å². The third-order valence-electron chi connectivity index (χ3n) is 4.27. The molecule has 0 bridgehead atoms. The van der Waals surface area contributed by atoms with Gasteiger partial charge in [-0.2, -0.15) is 0 Å². The highest BCUT2D eigenvalue weighted by atomic mass is 16.2. The molecule has 0 aliphatic carbocycles. The van der Waals surface area contributed by atoms with E-state index in [0.29, 0.717) is 11.5 Å². The monoisotopic (exact) mass is 272 g/mol. The molecule has 1 fully saturated rings. The van der Waals surface area contributed by atoms with Gasteiger partial charge in [0.1, 0.15) is 0 Å². The van der Waals surface area contributed by atoms with Crippen LogP contribution in [0.25, 0.3) is 11.0 Å². The van der Waals surface area contributed by atoms with Crippen LogP contribution in [0, 0.1) is 5.92 Å². The Morgan fingerprint density at radius 2 is 2.40 bits per heavy atom. The van der Waals surface area contributed by atoms with Crippen molar-refractivity contribution >= 4 is 16.9 Å².